The molecule has 0 atom stereocenters. The molecular formula is C15H17NO. The first-order valence-electron chi connectivity index (χ1n) is 6.08. The number of ketones is 1. The number of Topliss-reactive ketones (excluding diaryl/α,β-unsaturated/α-hetero) is 1. The maximum absolute atomic E-state index is 11.1. The van der Waals surface area contributed by atoms with Gasteiger partial charge in [0, 0.05) is 12.8 Å². The monoisotopic (exact) mass is 227 g/mol. The van der Waals surface area contributed by atoms with Gasteiger partial charge in [0.2, 0.25) is 0 Å². The molecule has 2 heteroatoms. The summed E-state index contributed by atoms with van der Waals surface area (Å²) in [6, 6.07) is 10.5. The fourth-order valence-corrected chi connectivity index (χ4v) is 2.40. The summed E-state index contributed by atoms with van der Waals surface area (Å²) >= 11 is 0. The molecule has 1 aliphatic carbocycles. The molecule has 1 aromatic carbocycles. The van der Waals surface area contributed by atoms with Crippen molar-refractivity contribution in [1.29, 1.82) is 5.26 Å². The van der Waals surface area contributed by atoms with Gasteiger partial charge in [-0.15, -0.1) is 0 Å². The predicted molar refractivity (Wildman–Crippen MR) is 66.5 cm³/mol. The molecule has 1 fully saturated rings. The topological polar surface area (TPSA) is 40.9 Å². The van der Waals surface area contributed by atoms with E-state index in [1.54, 1.807) is 0 Å². The molecule has 0 amide bonds. The fraction of sp³-hybridized carbons (Fsp3) is 0.467. The van der Waals surface area contributed by atoms with Gasteiger partial charge in [-0.05, 0) is 23.5 Å². The molecule has 88 valence electrons. The number of carbonyl (C=O) groups is 1. The molecule has 0 spiro atoms. The zero-order valence-electron chi connectivity index (χ0n) is 10.4. The quantitative estimate of drug-likeness (QED) is 0.796. The Morgan fingerprint density at radius 1 is 1.29 bits per heavy atom. The summed E-state index contributed by atoms with van der Waals surface area (Å²) in [6.45, 7) is 4.38. The maximum Gasteiger partial charge on any atom is 0.136 e. The summed E-state index contributed by atoms with van der Waals surface area (Å²) in [5.74, 6) is 0.828. The van der Waals surface area contributed by atoms with E-state index in [4.69, 9.17) is 0 Å². The van der Waals surface area contributed by atoms with E-state index in [9.17, 15) is 10.1 Å². The van der Waals surface area contributed by atoms with Crippen LogP contribution in [0.5, 0.6) is 0 Å². The third-order valence-corrected chi connectivity index (χ3v) is 3.36. The smallest absolute Gasteiger partial charge is 0.136 e. The molecule has 1 saturated carbocycles. The van der Waals surface area contributed by atoms with E-state index in [1.807, 2.05) is 12.1 Å². The van der Waals surface area contributed by atoms with Crippen molar-refractivity contribution in [3.63, 3.8) is 0 Å². The van der Waals surface area contributed by atoms with Crippen LogP contribution in [-0.4, -0.2) is 5.78 Å². The molecule has 2 nitrogen and oxygen atoms in total. The Morgan fingerprint density at radius 3 is 2.29 bits per heavy atom. The van der Waals surface area contributed by atoms with Crippen LogP contribution in [0, 0.1) is 17.2 Å². The minimum absolute atomic E-state index is 0.192. The second-order valence-corrected chi connectivity index (χ2v) is 5.38. The van der Waals surface area contributed by atoms with Crippen molar-refractivity contribution in [3.05, 3.63) is 35.4 Å². The first-order chi connectivity index (χ1) is 8.05. The van der Waals surface area contributed by atoms with Gasteiger partial charge in [0.1, 0.15) is 5.78 Å². The van der Waals surface area contributed by atoms with E-state index < -0.39 is 5.41 Å². The van der Waals surface area contributed by atoms with Crippen LogP contribution < -0.4 is 0 Å². The molecule has 1 aromatic rings. The number of benzene rings is 1. The van der Waals surface area contributed by atoms with Gasteiger partial charge in [-0.25, -0.2) is 0 Å². The summed E-state index contributed by atoms with van der Waals surface area (Å²) in [6.07, 6.45) is 1.82. The molecule has 0 aromatic heterocycles. The molecule has 0 bridgehead atoms. The van der Waals surface area contributed by atoms with Gasteiger partial charge >= 0.3 is 0 Å². The molecule has 1 aliphatic rings. The standard InChI is InChI=1S/C15H17NO/c1-11(2)7-12-3-5-13(6-4-12)15(10-16)8-14(17)9-15/h3-6,11H,7-9H2,1-2H3. The molecule has 0 heterocycles. The maximum atomic E-state index is 11.1. The lowest BCUT2D eigenvalue weighted by atomic mass is 9.64. The number of rotatable bonds is 3. The SMILES string of the molecule is CC(C)Cc1ccc(C2(C#N)CC(=O)C2)cc1. The normalized spacial score (nSPS) is 17.6. The van der Waals surface area contributed by atoms with Crippen molar-refractivity contribution in [2.45, 2.75) is 38.5 Å². The summed E-state index contributed by atoms with van der Waals surface area (Å²) < 4.78 is 0. The fourth-order valence-electron chi connectivity index (χ4n) is 2.40. The van der Waals surface area contributed by atoms with Crippen LogP contribution >= 0.6 is 0 Å². The number of hydrogen-bond acceptors (Lipinski definition) is 2. The van der Waals surface area contributed by atoms with E-state index in [2.05, 4.69) is 32.0 Å². The lowest BCUT2D eigenvalue weighted by Crippen LogP contribution is -2.40. The minimum Gasteiger partial charge on any atom is -0.300 e. The van der Waals surface area contributed by atoms with Gasteiger partial charge in [-0.2, -0.15) is 5.26 Å². The molecule has 0 unspecified atom stereocenters. The van der Waals surface area contributed by atoms with Gasteiger partial charge in [0.25, 0.3) is 0 Å². The van der Waals surface area contributed by atoms with E-state index in [1.165, 1.54) is 5.56 Å². The molecule has 2 rings (SSSR count). The number of nitriles is 1. The lowest BCUT2D eigenvalue weighted by Gasteiger charge is -2.34. The predicted octanol–water partition coefficient (Wildman–Crippen LogP) is 3.01. The van der Waals surface area contributed by atoms with E-state index >= 15 is 0 Å². The van der Waals surface area contributed by atoms with E-state index in [-0.39, 0.29) is 5.78 Å². The van der Waals surface area contributed by atoms with Crippen LogP contribution in [0.3, 0.4) is 0 Å². The number of nitrogens with zero attached hydrogens (tertiary/aromatic N) is 1. The Labute approximate surface area is 102 Å². The molecule has 0 N–H and O–H groups in total. The van der Waals surface area contributed by atoms with Crippen LogP contribution in [-0.2, 0) is 16.6 Å². The lowest BCUT2D eigenvalue weighted by molar-refractivity contribution is -0.126. The van der Waals surface area contributed by atoms with Gasteiger partial charge in [0.05, 0.1) is 11.5 Å². The average molecular weight is 227 g/mol. The van der Waals surface area contributed by atoms with E-state index in [0.29, 0.717) is 18.8 Å². The summed E-state index contributed by atoms with van der Waals surface area (Å²) in [5.41, 5.74) is 1.75. The Balaban J connectivity index is 2.18. The summed E-state index contributed by atoms with van der Waals surface area (Å²) in [7, 11) is 0. The van der Waals surface area contributed by atoms with Crippen molar-refractivity contribution in [2.75, 3.05) is 0 Å². The van der Waals surface area contributed by atoms with Gasteiger partial charge in [0.15, 0.2) is 0 Å². The molecule has 17 heavy (non-hydrogen) atoms. The first kappa shape index (κ1) is 11.9. The largest absolute Gasteiger partial charge is 0.300 e. The molecular weight excluding hydrogens is 210 g/mol. The zero-order chi connectivity index (χ0) is 12.5. The van der Waals surface area contributed by atoms with Crippen LogP contribution in [0.15, 0.2) is 24.3 Å². The summed E-state index contributed by atoms with van der Waals surface area (Å²) in [5, 5.41) is 9.22. The Hall–Kier alpha value is -1.62. The van der Waals surface area contributed by atoms with Crippen LogP contribution in [0.25, 0.3) is 0 Å². The van der Waals surface area contributed by atoms with Crippen LogP contribution in [0.1, 0.15) is 37.8 Å². The minimum atomic E-state index is -0.534. The second-order valence-electron chi connectivity index (χ2n) is 5.38. The highest BCUT2D eigenvalue weighted by molar-refractivity contribution is 5.90. The highest BCUT2D eigenvalue weighted by atomic mass is 16.1. The number of carbonyl (C=O) groups excluding carboxylic acids is 1. The molecule has 0 radical (unpaired) electrons. The van der Waals surface area contributed by atoms with Crippen molar-refractivity contribution < 1.29 is 4.79 Å². The van der Waals surface area contributed by atoms with Crippen molar-refractivity contribution in [2.24, 2.45) is 5.92 Å². The average Bonchev–Trinajstić information content (AvgIpc) is 2.25. The van der Waals surface area contributed by atoms with Gasteiger partial charge in [-0.3, -0.25) is 4.79 Å². The Kier molecular flexibility index (Phi) is 3.02. The second kappa shape index (κ2) is 4.33. The van der Waals surface area contributed by atoms with Gasteiger partial charge in [-0.1, -0.05) is 38.1 Å². The van der Waals surface area contributed by atoms with Crippen molar-refractivity contribution >= 4 is 5.78 Å². The molecule has 0 aliphatic heterocycles. The van der Waals surface area contributed by atoms with Crippen LogP contribution in [0.2, 0.25) is 0 Å². The highest BCUT2D eigenvalue weighted by Gasteiger charge is 2.45. The third-order valence-electron chi connectivity index (χ3n) is 3.36. The first-order valence-corrected chi connectivity index (χ1v) is 6.08. The van der Waals surface area contributed by atoms with Crippen molar-refractivity contribution in [1.82, 2.24) is 0 Å². The highest BCUT2D eigenvalue weighted by Crippen LogP contribution is 2.40. The summed E-state index contributed by atoms with van der Waals surface area (Å²) in [4.78, 5) is 11.1. The van der Waals surface area contributed by atoms with Crippen molar-refractivity contribution in [3.8, 4) is 6.07 Å². The van der Waals surface area contributed by atoms with Crippen LogP contribution in [0.4, 0.5) is 0 Å². The third kappa shape index (κ3) is 2.24. The van der Waals surface area contributed by atoms with E-state index in [0.717, 1.165) is 12.0 Å². The zero-order valence-corrected chi connectivity index (χ0v) is 10.4. The Bertz CT molecular complexity index is 457. The van der Waals surface area contributed by atoms with Gasteiger partial charge < -0.3 is 0 Å². The molecule has 0 saturated heterocycles. The number of hydrogen-bond donors (Lipinski definition) is 0. The Morgan fingerprint density at radius 2 is 1.88 bits per heavy atom.